The van der Waals surface area contributed by atoms with Crippen molar-refractivity contribution in [2.45, 2.75) is 13.0 Å². The number of aliphatic carboxylic acids is 1. The first kappa shape index (κ1) is 14.3. The van der Waals surface area contributed by atoms with Gasteiger partial charge in [0.2, 0.25) is 0 Å². The van der Waals surface area contributed by atoms with Crippen molar-refractivity contribution < 1.29 is 24.2 Å². The third kappa shape index (κ3) is 3.24. The van der Waals surface area contributed by atoms with Crippen LogP contribution in [-0.4, -0.2) is 54.4 Å². The predicted octanol–water partition coefficient (Wildman–Crippen LogP) is 0.548. The van der Waals surface area contributed by atoms with Gasteiger partial charge in [0.25, 0.3) is 0 Å². The largest absolute Gasteiger partial charge is 0.479 e. The molecule has 0 saturated carbocycles. The highest BCUT2D eigenvalue weighted by atomic mass is 16.5. The Kier molecular flexibility index (Phi) is 4.52. The van der Waals surface area contributed by atoms with Gasteiger partial charge in [0.05, 0.1) is 25.3 Å². The number of aromatic nitrogens is 1. The number of nitrogens with zero attached hydrogens (tertiary/aromatic N) is 2. The van der Waals surface area contributed by atoms with Crippen LogP contribution >= 0.6 is 0 Å². The maximum absolute atomic E-state index is 11.5. The number of ether oxygens (including phenoxy) is 2. The molecule has 2 heterocycles. The van der Waals surface area contributed by atoms with E-state index in [-0.39, 0.29) is 6.54 Å². The van der Waals surface area contributed by atoms with E-state index in [4.69, 9.17) is 14.6 Å². The number of rotatable bonds is 4. The molecule has 0 bridgehead atoms. The number of hydrogen-bond acceptors (Lipinski definition) is 6. The van der Waals surface area contributed by atoms with Crippen LogP contribution in [-0.2, 0) is 14.3 Å². The van der Waals surface area contributed by atoms with Crippen molar-refractivity contribution >= 4 is 17.8 Å². The van der Waals surface area contributed by atoms with Gasteiger partial charge in [0.15, 0.2) is 6.10 Å². The van der Waals surface area contributed by atoms with Crippen LogP contribution in [0.1, 0.15) is 17.3 Å². The molecule has 0 amide bonds. The van der Waals surface area contributed by atoms with Gasteiger partial charge in [0.1, 0.15) is 5.82 Å². The van der Waals surface area contributed by atoms with Crippen LogP contribution in [0.15, 0.2) is 18.3 Å². The highest BCUT2D eigenvalue weighted by molar-refractivity contribution is 5.89. The van der Waals surface area contributed by atoms with E-state index in [0.717, 1.165) is 0 Å². The second kappa shape index (κ2) is 6.33. The molecule has 7 heteroatoms. The summed E-state index contributed by atoms with van der Waals surface area (Å²) >= 11 is 0. The Morgan fingerprint density at radius 1 is 1.55 bits per heavy atom. The molecule has 1 unspecified atom stereocenters. The number of hydrogen-bond donors (Lipinski definition) is 1. The van der Waals surface area contributed by atoms with E-state index in [2.05, 4.69) is 4.98 Å². The van der Waals surface area contributed by atoms with Crippen molar-refractivity contribution in [2.24, 2.45) is 0 Å². The maximum atomic E-state index is 11.5. The van der Waals surface area contributed by atoms with E-state index in [0.29, 0.717) is 31.1 Å². The van der Waals surface area contributed by atoms with E-state index < -0.39 is 18.0 Å². The molecule has 0 aliphatic carbocycles. The Morgan fingerprint density at radius 3 is 2.95 bits per heavy atom. The predicted molar refractivity (Wildman–Crippen MR) is 69.8 cm³/mol. The van der Waals surface area contributed by atoms with Gasteiger partial charge in [-0.2, -0.15) is 0 Å². The smallest absolute Gasteiger partial charge is 0.339 e. The standard InChI is InChI=1S/C13H16N2O5/c1-2-19-13(18)9-3-4-11(14-7-9)15-5-6-20-10(8-15)12(16)17/h3-4,7,10H,2,5-6,8H2,1H3,(H,16,17). The van der Waals surface area contributed by atoms with Gasteiger partial charge in [0, 0.05) is 12.7 Å². The third-order valence-corrected chi connectivity index (χ3v) is 2.92. The van der Waals surface area contributed by atoms with Gasteiger partial charge in [-0.15, -0.1) is 0 Å². The molecule has 1 atom stereocenters. The zero-order valence-corrected chi connectivity index (χ0v) is 11.1. The molecule has 1 aliphatic rings. The number of carboxylic acids is 1. The number of pyridine rings is 1. The third-order valence-electron chi connectivity index (χ3n) is 2.92. The number of carbonyl (C=O) groups is 2. The molecule has 108 valence electrons. The summed E-state index contributed by atoms with van der Waals surface area (Å²) in [4.78, 5) is 28.4. The molecular weight excluding hydrogens is 264 g/mol. The molecule has 1 N–H and O–H groups in total. The Morgan fingerprint density at radius 2 is 2.35 bits per heavy atom. The highest BCUT2D eigenvalue weighted by Gasteiger charge is 2.26. The van der Waals surface area contributed by atoms with Crippen LogP contribution in [0.5, 0.6) is 0 Å². The molecule has 0 spiro atoms. The van der Waals surface area contributed by atoms with E-state index in [1.54, 1.807) is 19.1 Å². The second-order valence-electron chi connectivity index (χ2n) is 4.27. The minimum atomic E-state index is -0.988. The fraction of sp³-hybridized carbons (Fsp3) is 0.462. The Labute approximate surface area is 116 Å². The number of anilines is 1. The van der Waals surface area contributed by atoms with Gasteiger partial charge in [-0.1, -0.05) is 0 Å². The minimum absolute atomic E-state index is 0.237. The summed E-state index contributed by atoms with van der Waals surface area (Å²) in [5, 5.41) is 8.95. The lowest BCUT2D eigenvalue weighted by molar-refractivity contribution is -0.150. The van der Waals surface area contributed by atoms with Crippen LogP contribution in [0.25, 0.3) is 0 Å². The van der Waals surface area contributed by atoms with Gasteiger partial charge < -0.3 is 19.5 Å². The fourth-order valence-electron chi connectivity index (χ4n) is 1.92. The van der Waals surface area contributed by atoms with Crippen LogP contribution in [0.3, 0.4) is 0 Å². The quantitative estimate of drug-likeness (QED) is 0.805. The van der Waals surface area contributed by atoms with Crippen molar-refractivity contribution in [3.63, 3.8) is 0 Å². The van der Waals surface area contributed by atoms with Gasteiger partial charge in [-0.05, 0) is 19.1 Å². The first-order valence-electron chi connectivity index (χ1n) is 6.34. The molecule has 7 nitrogen and oxygen atoms in total. The summed E-state index contributed by atoms with van der Waals surface area (Å²) in [5.41, 5.74) is 0.374. The minimum Gasteiger partial charge on any atom is -0.479 e. The SMILES string of the molecule is CCOC(=O)c1ccc(N2CCOC(C(=O)O)C2)nc1. The molecule has 1 aromatic rings. The molecule has 2 rings (SSSR count). The van der Waals surface area contributed by atoms with Crippen molar-refractivity contribution in [3.05, 3.63) is 23.9 Å². The van der Waals surface area contributed by atoms with E-state index in [1.807, 2.05) is 4.90 Å². The van der Waals surface area contributed by atoms with Crippen LogP contribution in [0, 0.1) is 0 Å². The summed E-state index contributed by atoms with van der Waals surface area (Å²) in [6.07, 6.45) is 0.578. The van der Waals surface area contributed by atoms with Gasteiger partial charge >= 0.3 is 11.9 Å². The molecule has 1 aliphatic heterocycles. The summed E-state index contributed by atoms with van der Waals surface area (Å²) in [5.74, 6) is -0.789. The fourth-order valence-corrected chi connectivity index (χ4v) is 1.92. The van der Waals surface area contributed by atoms with Crippen LogP contribution in [0.4, 0.5) is 5.82 Å². The number of morpholine rings is 1. The van der Waals surface area contributed by atoms with Crippen molar-refractivity contribution in [1.29, 1.82) is 0 Å². The van der Waals surface area contributed by atoms with E-state index in [1.165, 1.54) is 6.20 Å². The van der Waals surface area contributed by atoms with E-state index in [9.17, 15) is 9.59 Å². The molecule has 1 aromatic heterocycles. The number of carbonyl (C=O) groups excluding carboxylic acids is 1. The van der Waals surface area contributed by atoms with E-state index >= 15 is 0 Å². The van der Waals surface area contributed by atoms with Crippen LogP contribution < -0.4 is 4.90 Å². The zero-order chi connectivity index (χ0) is 14.5. The second-order valence-corrected chi connectivity index (χ2v) is 4.27. The summed E-state index contributed by atoms with van der Waals surface area (Å²) in [7, 11) is 0. The molecule has 20 heavy (non-hydrogen) atoms. The van der Waals surface area contributed by atoms with Gasteiger partial charge in [-0.3, -0.25) is 0 Å². The zero-order valence-electron chi connectivity index (χ0n) is 11.1. The topological polar surface area (TPSA) is 89.0 Å². The summed E-state index contributed by atoms with van der Waals surface area (Å²) in [6, 6.07) is 3.29. The Balaban J connectivity index is 2.06. The lowest BCUT2D eigenvalue weighted by Gasteiger charge is -2.31. The lowest BCUT2D eigenvalue weighted by Crippen LogP contribution is -2.46. The molecule has 0 radical (unpaired) electrons. The Bertz CT molecular complexity index is 488. The molecule has 1 fully saturated rings. The average molecular weight is 280 g/mol. The first-order valence-corrected chi connectivity index (χ1v) is 6.34. The normalized spacial score (nSPS) is 18.6. The monoisotopic (exact) mass is 280 g/mol. The van der Waals surface area contributed by atoms with Crippen molar-refractivity contribution in [1.82, 2.24) is 4.98 Å². The summed E-state index contributed by atoms with van der Waals surface area (Å²) < 4.78 is 10.0. The Hall–Kier alpha value is -2.15. The number of esters is 1. The molecule has 0 aromatic carbocycles. The summed E-state index contributed by atoms with van der Waals surface area (Å²) in [6.45, 7) is 3.18. The van der Waals surface area contributed by atoms with Crippen molar-refractivity contribution in [2.75, 3.05) is 31.2 Å². The molecule has 1 saturated heterocycles. The lowest BCUT2D eigenvalue weighted by atomic mass is 10.2. The highest BCUT2D eigenvalue weighted by Crippen LogP contribution is 2.16. The average Bonchev–Trinajstić information content (AvgIpc) is 2.48. The van der Waals surface area contributed by atoms with Crippen molar-refractivity contribution in [3.8, 4) is 0 Å². The van der Waals surface area contributed by atoms with Gasteiger partial charge in [-0.25, -0.2) is 14.6 Å². The first-order chi connectivity index (χ1) is 9.61. The maximum Gasteiger partial charge on any atom is 0.339 e. The van der Waals surface area contributed by atoms with Crippen LogP contribution in [0.2, 0.25) is 0 Å². The number of carboxylic acid groups (broad SMARTS) is 1. The molecular formula is C13H16N2O5.